The fourth-order valence-electron chi connectivity index (χ4n) is 1.65. The zero-order valence-corrected chi connectivity index (χ0v) is 12.7. The van der Waals surface area contributed by atoms with E-state index in [9.17, 15) is 21.5 Å². The molecule has 0 heterocycles. The summed E-state index contributed by atoms with van der Waals surface area (Å²) in [6.07, 6.45) is 0. The molecule has 0 aliphatic carbocycles. The van der Waals surface area contributed by atoms with Gasteiger partial charge in [-0.15, -0.1) is 3.89 Å². The maximum Gasteiger partial charge on any atom is 0.334 e. The van der Waals surface area contributed by atoms with Crippen molar-refractivity contribution >= 4 is 37.7 Å². The summed E-state index contributed by atoms with van der Waals surface area (Å²) >= 11 is 3.05. The Balaban J connectivity index is 2.37. The van der Waals surface area contributed by atoms with Gasteiger partial charge in [0.2, 0.25) is 0 Å². The molecule has 4 nitrogen and oxygen atoms in total. The van der Waals surface area contributed by atoms with Gasteiger partial charge in [0.1, 0.15) is 10.7 Å². The SMILES string of the molecule is O=C(Nc1ccccc1S(=O)(=O)F)c1ccc(Br)cc1F. The minimum Gasteiger partial charge on any atom is -0.321 e. The summed E-state index contributed by atoms with van der Waals surface area (Å²) in [5.41, 5.74) is -0.545. The molecule has 0 aliphatic heterocycles. The summed E-state index contributed by atoms with van der Waals surface area (Å²) < 4.78 is 49.2. The molecule has 2 rings (SSSR count). The smallest absolute Gasteiger partial charge is 0.321 e. The molecule has 1 N–H and O–H groups in total. The van der Waals surface area contributed by atoms with Crippen LogP contribution >= 0.6 is 15.9 Å². The predicted molar refractivity (Wildman–Crippen MR) is 76.8 cm³/mol. The maximum absolute atomic E-state index is 13.7. The van der Waals surface area contributed by atoms with Crippen molar-refractivity contribution in [2.75, 3.05) is 5.32 Å². The molecule has 2 aromatic carbocycles. The van der Waals surface area contributed by atoms with Crippen molar-refractivity contribution in [2.24, 2.45) is 0 Å². The number of carbonyl (C=O) groups excluding carboxylic acids is 1. The molecule has 1 amide bonds. The van der Waals surface area contributed by atoms with E-state index in [1.54, 1.807) is 0 Å². The molecule has 0 unspecified atom stereocenters. The van der Waals surface area contributed by atoms with Gasteiger partial charge in [-0.05, 0) is 30.3 Å². The van der Waals surface area contributed by atoms with E-state index >= 15 is 0 Å². The van der Waals surface area contributed by atoms with Crippen molar-refractivity contribution in [3.63, 3.8) is 0 Å². The van der Waals surface area contributed by atoms with Gasteiger partial charge in [0.05, 0.1) is 11.3 Å². The molecule has 0 fully saturated rings. The van der Waals surface area contributed by atoms with Gasteiger partial charge in [-0.3, -0.25) is 4.79 Å². The number of hydrogen-bond donors (Lipinski definition) is 1. The van der Waals surface area contributed by atoms with E-state index in [4.69, 9.17) is 0 Å². The molecule has 0 aromatic heterocycles. The van der Waals surface area contributed by atoms with Crippen molar-refractivity contribution in [3.05, 3.63) is 58.3 Å². The number of nitrogens with one attached hydrogen (secondary N) is 1. The molecule has 0 bridgehead atoms. The lowest BCUT2D eigenvalue weighted by molar-refractivity contribution is 0.102. The first-order valence-corrected chi connectivity index (χ1v) is 7.77. The Hall–Kier alpha value is -1.80. The number of anilines is 1. The van der Waals surface area contributed by atoms with E-state index in [1.807, 2.05) is 0 Å². The normalized spacial score (nSPS) is 11.2. The van der Waals surface area contributed by atoms with Crippen molar-refractivity contribution in [3.8, 4) is 0 Å². The average molecular weight is 376 g/mol. The van der Waals surface area contributed by atoms with E-state index in [-0.39, 0.29) is 11.3 Å². The van der Waals surface area contributed by atoms with Gasteiger partial charge >= 0.3 is 10.2 Å². The summed E-state index contributed by atoms with van der Waals surface area (Å²) in [5.74, 6) is -1.67. The molecule has 0 spiro atoms. The molecule has 0 radical (unpaired) electrons. The van der Waals surface area contributed by atoms with Crippen LogP contribution in [0.4, 0.5) is 14.0 Å². The largest absolute Gasteiger partial charge is 0.334 e. The molecule has 2 aromatic rings. The van der Waals surface area contributed by atoms with Crippen LogP contribution in [-0.4, -0.2) is 14.3 Å². The second kappa shape index (κ2) is 5.90. The third-order valence-corrected chi connectivity index (χ3v) is 3.95. The van der Waals surface area contributed by atoms with Gasteiger partial charge in [0.25, 0.3) is 5.91 Å². The van der Waals surface area contributed by atoms with E-state index in [0.717, 1.165) is 12.1 Å². The average Bonchev–Trinajstić information content (AvgIpc) is 2.37. The summed E-state index contributed by atoms with van der Waals surface area (Å²) in [6, 6.07) is 8.71. The number of carbonyl (C=O) groups is 1. The van der Waals surface area contributed by atoms with Crippen LogP contribution in [0.1, 0.15) is 10.4 Å². The van der Waals surface area contributed by atoms with E-state index < -0.39 is 26.8 Å². The predicted octanol–water partition coefficient (Wildman–Crippen LogP) is 3.50. The molecular formula is C13H8BrF2NO3S. The molecule has 0 atom stereocenters. The van der Waals surface area contributed by atoms with Crippen molar-refractivity contribution in [2.45, 2.75) is 4.90 Å². The third kappa shape index (κ3) is 3.64. The number of para-hydroxylation sites is 1. The van der Waals surface area contributed by atoms with Crippen LogP contribution < -0.4 is 5.32 Å². The summed E-state index contributed by atoms with van der Waals surface area (Å²) in [7, 11) is -4.99. The summed E-state index contributed by atoms with van der Waals surface area (Å²) in [5, 5.41) is 2.18. The quantitative estimate of drug-likeness (QED) is 0.835. The highest BCUT2D eigenvalue weighted by atomic mass is 79.9. The van der Waals surface area contributed by atoms with Gasteiger partial charge in [0.15, 0.2) is 0 Å². The van der Waals surface area contributed by atoms with Crippen molar-refractivity contribution < 1.29 is 21.5 Å². The highest BCUT2D eigenvalue weighted by Crippen LogP contribution is 2.24. The zero-order chi connectivity index (χ0) is 15.6. The first kappa shape index (κ1) is 15.6. The van der Waals surface area contributed by atoms with Crippen LogP contribution in [0.2, 0.25) is 0 Å². The fraction of sp³-hybridized carbons (Fsp3) is 0. The number of rotatable bonds is 3. The first-order valence-electron chi connectivity index (χ1n) is 5.59. The van der Waals surface area contributed by atoms with Crippen LogP contribution in [0, 0.1) is 5.82 Å². The van der Waals surface area contributed by atoms with Gasteiger partial charge < -0.3 is 5.32 Å². The first-order chi connectivity index (χ1) is 9.79. The summed E-state index contributed by atoms with van der Waals surface area (Å²) in [6.45, 7) is 0. The number of hydrogen-bond acceptors (Lipinski definition) is 3. The van der Waals surface area contributed by atoms with E-state index in [0.29, 0.717) is 4.47 Å². The van der Waals surface area contributed by atoms with Crippen LogP contribution in [0.5, 0.6) is 0 Å². The lowest BCUT2D eigenvalue weighted by Crippen LogP contribution is -2.15. The molecule has 21 heavy (non-hydrogen) atoms. The van der Waals surface area contributed by atoms with Gasteiger partial charge in [-0.2, -0.15) is 8.42 Å². The molecular weight excluding hydrogens is 368 g/mol. The molecule has 0 saturated carbocycles. The van der Waals surface area contributed by atoms with Gasteiger partial charge in [-0.1, -0.05) is 28.1 Å². The Morgan fingerprint density at radius 1 is 1.14 bits per heavy atom. The standard InChI is InChI=1S/C13H8BrF2NO3S/c14-8-5-6-9(10(15)7-8)13(18)17-11-3-1-2-4-12(11)21(16,19)20/h1-7H,(H,17,18). The lowest BCUT2D eigenvalue weighted by atomic mass is 10.2. The highest BCUT2D eigenvalue weighted by molar-refractivity contribution is 9.10. The van der Waals surface area contributed by atoms with Crippen LogP contribution in [0.25, 0.3) is 0 Å². The number of amides is 1. The zero-order valence-electron chi connectivity index (χ0n) is 10.3. The molecule has 0 aliphatic rings. The number of halogens is 3. The third-order valence-electron chi connectivity index (χ3n) is 2.57. The topological polar surface area (TPSA) is 63.2 Å². The van der Waals surface area contributed by atoms with Crippen molar-refractivity contribution in [1.29, 1.82) is 0 Å². The van der Waals surface area contributed by atoms with E-state index in [1.165, 1.54) is 30.3 Å². The fourth-order valence-corrected chi connectivity index (χ4v) is 2.60. The monoisotopic (exact) mass is 375 g/mol. The van der Waals surface area contributed by atoms with Gasteiger partial charge in [-0.25, -0.2) is 4.39 Å². The molecule has 8 heteroatoms. The highest BCUT2D eigenvalue weighted by Gasteiger charge is 2.19. The minimum absolute atomic E-state index is 0.257. The van der Waals surface area contributed by atoms with Crippen LogP contribution in [0.3, 0.4) is 0 Å². The Labute approximate surface area is 128 Å². The lowest BCUT2D eigenvalue weighted by Gasteiger charge is -2.09. The van der Waals surface area contributed by atoms with Crippen LogP contribution in [0.15, 0.2) is 51.8 Å². The molecule has 0 saturated heterocycles. The summed E-state index contributed by atoms with van der Waals surface area (Å²) in [4.78, 5) is 11.3. The Morgan fingerprint density at radius 3 is 2.43 bits per heavy atom. The second-order valence-corrected chi connectivity index (χ2v) is 6.24. The van der Waals surface area contributed by atoms with Crippen molar-refractivity contribution in [1.82, 2.24) is 0 Å². The van der Waals surface area contributed by atoms with Crippen LogP contribution in [-0.2, 0) is 10.2 Å². The molecule has 110 valence electrons. The Kier molecular flexibility index (Phi) is 4.38. The van der Waals surface area contributed by atoms with E-state index in [2.05, 4.69) is 21.2 Å². The Bertz CT molecular complexity index is 809. The Morgan fingerprint density at radius 2 is 1.81 bits per heavy atom. The van der Waals surface area contributed by atoms with Gasteiger partial charge in [0, 0.05) is 4.47 Å². The minimum atomic E-state index is -4.99. The maximum atomic E-state index is 13.7. The second-order valence-electron chi connectivity index (χ2n) is 4.01. The number of benzene rings is 2.